The average molecular weight is 520 g/mol. The van der Waals surface area contributed by atoms with E-state index < -0.39 is 27.4 Å². The summed E-state index contributed by atoms with van der Waals surface area (Å²) in [6.45, 7) is 9.82. The van der Waals surface area contributed by atoms with Crippen molar-refractivity contribution in [2.24, 2.45) is 0 Å². The molecule has 0 spiro atoms. The summed E-state index contributed by atoms with van der Waals surface area (Å²) < 4.78 is 39.2. The molecule has 0 aromatic heterocycles. The van der Waals surface area contributed by atoms with Gasteiger partial charge in [0.25, 0.3) is 0 Å². The fraction of sp³-hybridized carbons (Fsp3) is 0.481. The van der Waals surface area contributed by atoms with E-state index in [-0.39, 0.29) is 37.7 Å². The zero-order valence-electron chi connectivity index (χ0n) is 22.0. The number of carbonyl (C=O) groups excluding carboxylic acids is 2. The predicted octanol–water partition coefficient (Wildman–Crippen LogP) is 4.40. The molecule has 1 atom stereocenters. The number of amides is 2. The van der Waals surface area contributed by atoms with Crippen LogP contribution in [0.1, 0.15) is 58.1 Å². The van der Waals surface area contributed by atoms with Gasteiger partial charge in [-0.25, -0.2) is 12.8 Å². The van der Waals surface area contributed by atoms with E-state index in [0.717, 1.165) is 21.7 Å². The number of anilines is 1. The van der Waals surface area contributed by atoms with Crippen LogP contribution in [0.5, 0.6) is 0 Å². The molecule has 1 N–H and O–H groups in total. The summed E-state index contributed by atoms with van der Waals surface area (Å²) in [6.07, 6.45) is 1.81. The van der Waals surface area contributed by atoms with Crippen molar-refractivity contribution in [1.29, 1.82) is 0 Å². The predicted molar refractivity (Wildman–Crippen MR) is 142 cm³/mol. The van der Waals surface area contributed by atoms with Crippen LogP contribution in [0.25, 0.3) is 0 Å². The second-order valence-electron chi connectivity index (χ2n) is 10.1. The number of sulfonamides is 1. The van der Waals surface area contributed by atoms with Gasteiger partial charge >= 0.3 is 0 Å². The van der Waals surface area contributed by atoms with Crippen LogP contribution >= 0.6 is 0 Å². The zero-order valence-corrected chi connectivity index (χ0v) is 22.9. The van der Waals surface area contributed by atoms with E-state index in [0.29, 0.717) is 12.1 Å². The quantitative estimate of drug-likeness (QED) is 0.477. The Morgan fingerprint density at radius 2 is 1.72 bits per heavy atom. The average Bonchev–Trinajstić information content (AvgIpc) is 2.75. The Morgan fingerprint density at radius 3 is 2.25 bits per heavy atom. The van der Waals surface area contributed by atoms with Gasteiger partial charge in [-0.05, 0) is 70.4 Å². The monoisotopic (exact) mass is 519 g/mol. The summed E-state index contributed by atoms with van der Waals surface area (Å²) in [5.41, 5.74) is 1.84. The number of carbonyl (C=O) groups is 2. The van der Waals surface area contributed by atoms with Gasteiger partial charge in [-0.2, -0.15) is 0 Å². The minimum atomic E-state index is -3.64. The fourth-order valence-corrected chi connectivity index (χ4v) is 4.96. The van der Waals surface area contributed by atoms with Crippen LogP contribution in [0.4, 0.5) is 10.1 Å². The maximum atomic E-state index is 13.4. The molecule has 36 heavy (non-hydrogen) atoms. The van der Waals surface area contributed by atoms with Crippen LogP contribution in [0, 0.1) is 12.7 Å². The summed E-state index contributed by atoms with van der Waals surface area (Å²) in [5, 5.41) is 2.97. The molecule has 0 fully saturated rings. The highest BCUT2D eigenvalue weighted by Crippen LogP contribution is 2.20. The smallest absolute Gasteiger partial charge is 0.243 e. The highest BCUT2D eigenvalue weighted by atomic mass is 32.2. The third-order valence-corrected chi connectivity index (χ3v) is 6.78. The van der Waals surface area contributed by atoms with Crippen molar-refractivity contribution < 1.29 is 22.4 Å². The lowest BCUT2D eigenvalue weighted by Gasteiger charge is -2.33. The minimum Gasteiger partial charge on any atom is -0.350 e. The Balaban J connectivity index is 2.23. The van der Waals surface area contributed by atoms with E-state index in [1.165, 1.54) is 24.3 Å². The summed E-state index contributed by atoms with van der Waals surface area (Å²) in [6, 6.07) is 12.3. The van der Waals surface area contributed by atoms with Crippen molar-refractivity contribution in [3.8, 4) is 0 Å². The number of hydrogen-bond donors (Lipinski definition) is 1. The lowest BCUT2D eigenvalue weighted by atomic mass is 10.0. The van der Waals surface area contributed by atoms with E-state index in [4.69, 9.17) is 0 Å². The molecule has 198 valence electrons. The second kappa shape index (κ2) is 12.3. The molecule has 7 nitrogen and oxygen atoms in total. The van der Waals surface area contributed by atoms with E-state index in [1.807, 2.05) is 58.9 Å². The first-order valence-electron chi connectivity index (χ1n) is 12.1. The first-order valence-corrected chi connectivity index (χ1v) is 14.0. The van der Waals surface area contributed by atoms with Crippen molar-refractivity contribution in [1.82, 2.24) is 10.2 Å². The van der Waals surface area contributed by atoms with Crippen molar-refractivity contribution in [3.63, 3.8) is 0 Å². The molecule has 0 radical (unpaired) electrons. The first-order chi connectivity index (χ1) is 16.7. The van der Waals surface area contributed by atoms with Crippen molar-refractivity contribution in [3.05, 3.63) is 65.5 Å². The molecule has 2 aromatic rings. The highest BCUT2D eigenvalue weighted by molar-refractivity contribution is 7.92. The number of hydrogen-bond acceptors (Lipinski definition) is 4. The van der Waals surface area contributed by atoms with Gasteiger partial charge in [-0.1, -0.05) is 36.8 Å². The molecule has 0 bridgehead atoms. The number of nitrogens with zero attached hydrogens (tertiary/aromatic N) is 2. The van der Waals surface area contributed by atoms with Gasteiger partial charge in [0.15, 0.2) is 0 Å². The Kier molecular flexibility index (Phi) is 10.0. The number of aryl methyl sites for hydroxylation is 1. The number of halogens is 1. The zero-order chi connectivity index (χ0) is 27.1. The second-order valence-corrected chi connectivity index (χ2v) is 12.0. The summed E-state index contributed by atoms with van der Waals surface area (Å²) in [5.74, 6) is -0.927. The molecule has 0 heterocycles. The van der Waals surface area contributed by atoms with Crippen molar-refractivity contribution in [2.75, 3.05) is 17.1 Å². The Labute approximate surface area is 214 Å². The molecule has 0 saturated heterocycles. The van der Waals surface area contributed by atoms with Crippen molar-refractivity contribution in [2.45, 2.75) is 72.0 Å². The molecule has 0 aliphatic rings. The third-order valence-electron chi connectivity index (χ3n) is 5.59. The van der Waals surface area contributed by atoms with E-state index in [1.54, 1.807) is 4.90 Å². The Bertz CT molecular complexity index is 1140. The third kappa shape index (κ3) is 8.93. The highest BCUT2D eigenvalue weighted by Gasteiger charge is 2.30. The Hall–Kier alpha value is -2.94. The van der Waals surface area contributed by atoms with Gasteiger partial charge in [-0.15, -0.1) is 0 Å². The molecule has 1 unspecified atom stereocenters. The first kappa shape index (κ1) is 29.3. The lowest BCUT2D eigenvalue weighted by Crippen LogP contribution is -2.53. The van der Waals surface area contributed by atoms with E-state index in [2.05, 4.69) is 5.32 Å². The van der Waals surface area contributed by atoms with Crippen LogP contribution in [0.15, 0.2) is 48.5 Å². The molecule has 0 saturated carbocycles. The maximum Gasteiger partial charge on any atom is 0.243 e. The minimum absolute atomic E-state index is 0.0539. The summed E-state index contributed by atoms with van der Waals surface area (Å²) >= 11 is 0. The van der Waals surface area contributed by atoms with Gasteiger partial charge in [-0.3, -0.25) is 13.9 Å². The summed E-state index contributed by atoms with van der Waals surface area (Å²) in [4.78, 5) is 28.1. The summed E-state index contributed by atoms with van der Waals surface area (Å²) in [7, 11) is -3.64. The molecule has 9 heteroatoms. The fourth-order valence-electron chi connectivity index (χ4n) is 3.99. The van der Waals surface area contributed by atoms with E-state index >= 15 is 0 Å². The molecular formula is C27H38FN3O4S. The van der Waals surface area contributed by atoms with Gasteiger partial charge < -0.3 is 10.2 Å². The van der Waals surface area contributed by atoms with Crippen molar-refractivity contribution >= 4 is 27.5 Å². The molecular weight excluding hydrogens is 481 g/mol. The molecule has 2 aromatic carbocycles. The lowest BCUT2D eigenvalue weighted by molar-refractivity contribution is -0.142. The Morgan fingerprint density at radius 1 is 1.08 bits per heavy atom. The largest absolute Gasteiger partial charge is 0.350 e. The molecule has 2 amide bonds. The van der Waals surface area contributed by atoms with Crippen LogP contribution in [0.2, 0.25) is 0 Å². The van der Waals surface area contributed by atoms with Crippen LogP contribution < -0.4 is 9.62 Å². The molecule has 2 rings (SSSR count). The standard InChI is InChI=1S/C27H38FN3O4S/c1-7-24(26(33)29-27(3,4)5)30(19-21-11-8-10-20(2)18-21)25(32)12-9-17-31(36(6,34)35)23-15-13-22(28)14-16-23/h8,10-11,13-16,18,24H,7,9,12,17,19H2,1-6H3,(H,29,33). The maximum absolute atomic E-state index is 13.4. The van der Waals surface area contributed by atoms with Crippen LogP contribution in [0.3, 0.4) is 0 Å². The number of benzene rings is 2. The van der Waals surface area contributed by atoms with Crippen LogP contribution in [-0.2, 0) is 26.2 Å². The molecule has 0 aliphatic carbocycles. The SMILES string of the molecule is CCC(C(=O)NC(C)(C)C)N(Cc1cccc(C)c1)C(=O)CCCN(c1ccc(F)cc1)S(C)(=O)=O. The topological polar surface area (TPSA) is 86.8 Å². The van der Waals surface area contributed by atoms with E-state index in [9.17, 15) is 22.4 Å². The van der Waals surface area contributed by atoms with Gasteiger partial charge in [0, 0.05) is 25.0 Å². The van der Waals surface area contributed by atoms with Crippen LogP contribution in [-0.4, -0.2) is 49.5 Å². The normalized spacial score (nSPS) is 12.6. The number of rotatable bonds is 11. The number of nitrogens with one attached hydrogen (secondary N) is 1. The molecule has 0 aliphatic heterocycles. The van der Waals surface area contributed by atoms with Gasteiger partial charge in [0.1, 0.15) is 11.9 Å². The van der Waals surface area contributed by atoms with Gasteiger partial charge in [0.2, 0.25) is 21.8 Å². The van der Waals surface area contributed by atoms with Gasteiger partial charge in [0.05, 0.1) is 11.9 Å².